The third-order valence-electron chi connectivity index (χ3n) is 11.9. The van der Waals surface area contributed by atoms with E-state index in [2.05, 4.69) is 168 Å². The molecule has 3 aliphatic rings. The lowest BCUT2D eigenvalue weighted by atomic mass is 9.67. The zero-order valence-electron chi connectivity index (χ0n) is 27.9. The van der Waals surface area contributed by atoms with Gasteiger partial charge < -0.3 is 4.57 Å². The zero-order valence-corrected chi connectivity index (χ0v) is 28.7. The van der Waals surface area contributed by atoms with Crippen molar-refractivity contribution in [1.82, 2.24) is 4.57 Å². The molecule has 0 bridgehead atoms. The molecule has 0 unspecified atom stereocenters. The number of fused-ring (bicyclic) bond motifs is 17. The van der Waals surface area contributed by atoms with Crippen LogP contribution in [0.1, 0.15) is 33.4 Å². The van der Waals surface area contributed by atoms with Gasteiger partial charge in [0.2, 0.25) is 0 Å². The molecule has 0 amide bonds. The van der Waals surface area contributed by atoms with Crippen LogP contribution in [0, 0.1) is 0 Å². The first-order chi connectivity index (χ1) is 25.3. The number of hydrogen-bond acceptors (Lipinski definition) is 1. The summed E-state index contributed by atoms with van der Waals surface area (Å²) < 4.78 is 2.56. The third kappa shape index (κ3) is 3.58. The average Bonchev–Trinajstić information content (AvgIpc) is 3.68. The maximum absolute atomic E-state index is 2.56. The maximum Gasteiger partial charge on any atom is 0.0735 e. The number of rotatable bonds is 1. The molecule has 0 N–H and O–H groups in total. The van der Waals surface area contributed by atoms with Crippen LogP contribution in [0.5, 0.6) is 0 Å². The molecule has 2 heterocycles. The first-order valence-corrected chi connectivity index (χ1v) is 18.8. The highest BCUT2D eigenvalue weighted by Crippen LogP contribution is 2.62. The summed E-state index contributed by atoms with van der Waals surface area (Å²) in [7, 11) is 0. The van der Waals surface area contributed by atoms with E-state index in [1.807, 2.05) is 11.8 Å². The van der Waals surface area contributed by atoms with Crippen molar-refractivity contribution in [2.45, 2.75) is 28.0 Å². The molecule has 12 rings (SSSR count). The molecular formula is C49H31NS. The molecule has 1 spiro atoms. The van der Waals surface area contributed by atoms with Crippen molar-refractivity contribution >= 4 is 44.3 Å². The fourth-order valence-electron chi connectivity index (χ4n) is 9.84. The Morgan fingerprint density at radius 1 is 0.431 bits per heavy atom. The van der Waals surface area contributed by atoms with Gasteiger partial charge >= 0.3 is 0 Å². The monoisotopic (exact) mass is 665 g/mol. The summed E-state index contributed by atoms with van der Waals surface area (Å²) in [5.41, 5.74) is 17.1. The molecule has 1 aromatic heterocycles. The van der Waals surface area contributed by atoms with Crippen LogP contribution < -0.4 is 0 Å². The fourth-order valence-corrected chi connectivity index (χ4v) is 11.0. The summed E-state index contributed by atoms with van der Waals surface area (Å²) in [4.78, 5) is 2.65. The van der Waals surface area contributed by atoms with Crippen LogP contribution in [0.15, 0.2) is 174 Å². The minimum Gasteiger partial charge on any atom is -0.309 e. The SMILES string of the molecule is c1ccc2c(c1)CCc1ccc(-n3c4cc5c(cc4c4ccc6ccccc6c43)C3(c4ccccc4S5)c4ccccc4-c4ccccc43)cc1-2. The molecule has 9 aromatic rings. The van der Waals surface area contributed by atoms with Crippen LogP contribution in [0.3, 0.4) is 0 Å². The van der Waals surface area contributed by atoms with Crippen molar-refractivity contribution in [2.75, 3.05) is 0 Å². The second-order valence-corrected chi connectivity index (χ2v) is 15.4. The van der Waals surface area contributed by atoms with E-state index in [0.717, 1.165) is 12.8 Å². The van der Waals surface area contributed by atoms with Crippen LogP contribution >= 0.6 is 11.8 Å². The number of benzene rings is 8. The van der Waals surface area contributed by atoms with Crippen molar-refractivity contribution in [3.05, 3.63) is 197 Å². The molecule has 2 heteroatoms. The van der Waals surface area contributed by atoms with Crippen LogP contribution in [0.2, 0.25) is 0 Å². The second kappa shape index (κ2) is 10.1. The quantitative estimate of drug-likeness (QED) is 0.169. The standard InChI is InChI=1S/C49H31NS/c1-3-13-34-30(11-1)21-22-32-23-25-33(27-39(32)34)50-45-29-47-44(28-40(45)38-26-24-31-12-2-4-14-35(31)48(38)50)49(43-19-9-10-20-46(43)51-47)41-17-7-5-15-36(41)37-16-6-8-18-42(37)49/h1-20,23-29H,21-22H2. The van der Waals surface area contributed by atoms with Crippen LogP contribution in [-0.4, -0.2) is 4.57 Å². The van der Waals surface area contributed by atoms with Crippen molar-refractivity contribution in [3.63, 3.8) is 0 Å². The largest absolute Gasteiger partial charge is 0.309 e. The summed E-state index contributed by atoms with van der Waals surface area (Å²) in [5.74, 6) is 0. The number of hydrogen-bond donors (Lipinski definition) is 0. The van der Waals surface area contributed by atoms with E-state index in [-0.39, 0.29) is 0 Å². The van der Waals surface area contributed by atoms with Gasteiger partial charge in [-0.05, 0) is 104 Å². The Hall–Kier alpha value is -5.83. The predicted octanol–water partition coefficient (Wildman–Crippen LogP) is 12.5. The van der Waals surface area contributed by atoms with E-state index < -0.39 is 5.41 Å². The lowest BCUT2D eigenvalue weighted by Crippen LogP contribution is -2.31. The number of aryl methyl sites for hydroxylation is 2. The smallest absolute Gasteiger partial charge is 0.0735 e. The highest BCUT2D eigenvalue weighted by molar-refractivity contribution is 7.99. The third-order valence-corrected chi connectivity index (χ3v) is 13.1. The second-order valence-electron chi connectivity index (χ2n) is 14.3. The highest BCUT2D eigenvalue weighted by Gasteiger charge is 2.50. The predicted molar refractivity (Wildman–Crippen MR) is 213 cm³/mol. The van der Waals surface area contributed by atoms with Crippen molar-refractivity contribution < 1.29 is 0 Å². The minimum atomic E-state index is -0.403. The minimum absolute atomic E-state index is 0.403. The fraction of sp³-hybridized carbons (Fsp3) is 0.0612. The normalized spacial score (nSPS) is 14.6. The van der Waals surface area contributed by atoms with E-state index in [1.165, 1.54) is 104 Å². The maximum atomic E-state index is 2.56. The molecule has 1 aliphatic heterocycles. The Labute approximate surface area is 300 Å². The first kappa shape index (κ1) is 27.9. The molecule has 0 fully saturated rings. The van der Waals surface area contributed by atoms with Gasteiger partial charge in [-0.1, -0.05) is 145 Å². The lowest BCUT2D eigenvalue weighted by molar-refractivity contribution is 0.724. The zero-order chi connectivity index (χ0) is 33.3. The summed E-state index contributed by atoms with van der Waals surface area (Å²) in [5, 5.41) is 5.14. The van der Waals surface area contributed by atoms with Gasteiger partial charge in [-0.15, -0.1) is 0 Å². The summed E-state index contributed by atoms with van der Waals surface area (Å²) in [6, 6.07) is 62.1. The van der Waals surface area contributed by atoms with Gasteiger partial charge in [0.25, 0.3) is 0 Å². The van der Waals surface area contributed by atoms with Crippen molar-refractivity contribution in [1.29, 1.82) is 0 Å². The van der Waals surface area contributed by atoms with Gasteiger partial charge in [0.15, 0.2) is 0 Å². The van der Waals surface area contributed by atoms with Gasteiger partial charge in [0, 0.05) is 31.6 Å². The van der Waals surface area contributed by atoms with E-state index in [4.69, 9.17) is 0 Å². The van der Waals surface area contributed by atoms with E-state index in [9.17, 15) is 0 Å². The summed E-state index contributed by atoms with van der Waals surface area (Å²) in [6.07, 6.45) is 2.18. The van der Waals surface area contributed by atoms with E-state index >= 15 is 0 Å². The molecule has 238 valence electrons. The van der Waals surface area contributed by atoms with E-state index in [1.54, 1.807) is 0 Å². The molecule has 0 atom stereocenters. The Kier molecular flexibility index (Phi) is 5.54. The Morgan fingerprint density at radius 2 is 1.10 bits per heavy atom. The van der Waals surface area contributed by atoms with Gasteiger partial charge in [-0.3, -0.25) is 0 Å². The number of nitrogens with zero attached hydrogens (tertiary/aromatic N) is 1. The molecule has 51 heavy (non-hydrogen) atoms. The molecular weight excluding hydrogens is 635 g/mol. The van der Waals surface area contributed by atoms with Gasteiger partial charge in [-0.2, -0.15) is 0 Å². The summed E-state index contributed by atoms with van der Waals surface area (Å²) >= 11 is 1.93. The van der Waals surface area contributed by atoms with Gasteiger partial charge in [-0.25, -0.2) is 0 Å². The van der Waals surface area contributed by atoms with Crippen molar-refractivity contribution in [2.24, 2.45) is 0 Å². The van der Waals surface area contributed by atoms with Gasteiger partial charge in [0.05, 0.1) is 16.4 Å². The Bertz CT molecular complexity index is 2920. The first-order valence-electron chi connectivity index (χ1n) is 18.0. The molecule has 0 saturated carbocycles. The van der Waals surface area contributed by atoms with Crippen LogP contribution in [0.25, 0.3) is 60.5 Å². The van der Waals surface area contributed by atoms with Crippen LogP contribution in [0.4, 0.5) is 0 Å². The average molecular weight is 666 g/mol. The topological polar surface area (TPSA) is 4.93 Å². The lowest BCUT2D eigenvalue weighted by Gasteiger charge is -2.39. The molecule has 2 aliphatic carbocycles. The molecule has 1 nitrogen and oxygen atoms in total. The Morgan fingerprint density at radius 3 is 1.92 bits per heavy atom. The van der Waals surface area contributed by atoms with Crippen LogP contribution in [-0.2, 0) is 18.3 Å². The highest BCUT2D eigenvalue weighted by atomic mass is 32.2. The van der Waals surface area contributed by atoms with Crippen molar-refractivity contribution in [3.8, 4) is 27.9 Å². The number of aromatic nitrogens is 1. The molecule has 0 radical (unpaired) electrons. The Balaban J connectivity index is 1.23. The molecule has 0 saturated heterocycles. The summed E-state index contributed by atoms with van der Waals surface area (Å²) in [6.45, 7) is 0. The van der Waals surface area contributed by atoms with Gasteiger partial charge in [0.1, 0.15) is 0 Å². The van der Waals surface area contributed by atoms with E-state index in [0.29, 0.717) is 0 Å². The molecule has 8 aromatic carbocycles.